The molecular formula is C13H24N4O2. The van der Waals surface area contributed by atoms with Crippen molar-refractivity contribution >= 4 is 5.91 Å². The minimum absolute atomic E-state index is 0.0201. The number of nitrogens with zero attached hydrogens (tertiary/aromatic N) is 2. The number of aromatic nitrogens is 2. The number of carbonyl (C=O) groups is 1. The molecule has 1 rings (SSSR count). The molecule has 0 fully saturated rings. The number of hydrogen-bond acceptors (Lipinski definition) is 4. The van der Waals surface area contributed by atoms with E-state index in [0.29, 0.717) is 25.7 Å². The van der Waals surface area contributed by atoms with E-state index in [-0.39, 0.29) is 11.9 Å². The van der Waals surface area contributed by atoms with Gasteiger partial charge in [0.05, 0.1) is 18.8 Å². The van der Waals surface area contributed by atoms with E-state index in [4.69, 9.17) is 4.74 Å². The summed E-state index contributed by atoms with van der Waals surface area (Å²) >= 11 is 0. The van der Waals surface area contributed by atoms with Crippen LogP contribution in [0, 0.1) is 0 Å². The minimum Gasteiger partial charge on any atom is -0.383 e. The summed E-state index contributed by atoms with van der Waals surface area (Å²) < 4.78 is 6.78. The largest absolute Gasteiger partial charge is 0.383 e. The summed E-state index contributed by atoms with van der Waals surface area (Å²) in [5.74, 6) is -0.0201. The van der Waals surface area contributed by atoms with Crippen molar-refractivity contribution in [3.05, 3.63) is 18.0 Å². The number of amides is 1. The molecule has 1 aromatic heterocycles. The fourth-order valence-electron chi connectivity index (χ4n) is 1.54. The Morgan fingerprint density at radius 1 is 1.47 bits per heavy atom. The van der Waals surface area contributed by atoms with Crippen LogP contribution < -0.4 is 10.6 Å². The van der Waals surface area contributed by atoms with Crippen molar-refractivity contribution in [2.24, 2.45) is 0 Å². The Bertz CT molecular complexity index is 390. The lowest BCUT2D eigenvalue weighted by Crippen LogP contribution is -2.42. The molecule has 1 amide bonds. The lowest BCUT2D eigenvalue weighted by Gasteiger charge is -2.13. The second-order valence-corrected chi connectivity index (χ2v) is 4.81. The van der Waals surface area contributed by atoms with Crippen LogP contribution in [0.1, 0.15) is 32.4 Å². The van der Waals surface area contributed by atoms with Gasteiger partial charge in [0.25, 0.3) is 0 Å². The average Bonchev–Trinajstić information content (AvgIpc) is 2.85. The van der Waals surface area contributed by atoms with Crippen LogP contribution in [-0.4, -0.2) is 42.0 Å². The molecular weight excluding hydrogens is 244 g/mol. The molecule has 19 heavy (non-hydrogen) atoms. The first-order valence-electron chi connectivity index (χ1n) is 6.57. The number of methoxy groups -OCH3 is 1. The predicted molar refractivity (Wildman–Crippen MR) is 73.8 cm³/mol. The molecule has 1 heterocycles. The third-order valence-electron chi connectivity index (χ3n) is 2.80. The first kappa shape index (κ1) is 15.7. The van der Waals surface area contributed by atoms with Crippen LogP contribution in [0.25, 0.3) is 0 Å². The zero-order valence-corrected chi connectivity index (χ0v) is 12.1. The van der Waals surface area contributed by atoms with E-state index in [1.807, 2.05) is 24.0 Å². The molecule has 108 valence electrons. The zero-order valence-electron chi connectivity index (χ0n) is 12.1. The minimum atomic E-state index is -0.237. The van der Waals surface area contributed by atoms with Crippen LogP contribution in [0.3, 0.4) is 0 Å². The lowest BCUT2D eigenvalue weighted by atomic mass is 10.2. The molecule has 0 aliphatic carbocycles. The molecule has 1 unspecified atom stereocenters. The molecule has 0 bridgehead atoms. The molecule has 2 N–H and O–H groups in total. The molecule has 6 nitrogen and oxygen atoms in total. The van der Waals surface area contributed by atoms with Gasteiger partial charge in [0.1, 0.15) is 0 Å². The summed E-state index contributed by atoms with van der Waals surface area (Å²) in [7, 11) is 1.61. The van der Waals surface area contributed by atoms with Crippen LogP contribution in [-0.2, 0) is 16.1 Å². The van der Waals surface area contributed by atoms with E-state index in [1.165, 1.54) is 0 Å². The van der Waals surface area contributed by atoms with Crippen molar-refractivity contribution in [2.45, 2.75) is 39.4 Å². The van der Waals surface area contributed by atoms with Crippen molar-refractivity contribution < 1.29 is 9.53 Å². The first-order valence-corrected chi connectivity index (χ1v) is 6.57. The van der Waals surface area contributed by atoms with Gasteiger partial charge >= 0.3 is 0 Å². The molecule has 0 aromatic carbocycles. The summed E-state index contributed by atoms with van der Waals surface area (Å²) in [4.78, 5) is 11.7. The normalized spacial score (nSPS) is 12.7. The van der Waals surface area contributed by atoms with E-state index in [1.54, 1.807) is 7.11 Å². The zero-order chi connectivity index (χ0) is 14.3. The number of carbonyl (C=O) groups excluding carboxylic acids is 1. The lowest BCUT2D eigenvalue weighted by molar-refractivity contribution is -0.122. The molecule has 1 aromatic rings. The van der Waals surface area contributed by atoms with Gasteiger partial charge < -0.3 is 15.4 Å². The van der Waals surface area contributed by atoms with Gasteiger partial charge in [0.15, 0.2) is 0 Å². The second kappa shape index (κ2) is 7.91. The van der Waals surface area contributed by atoms with Crippen LogP contribution in [0.2, 0.25) is 0 Å². The Morgan fingerprint density at radius 3 is 2.79 bits per heavy atom. The quantitative estimate of drug-likeness (QED) is 0.681. The monoisotopic (exact) mass is 268 g/mol. The van der Waals surface area contributed by atoms with Gasteiger partial charge in [-0.25, -0.2) is 0 Å². The third kappa shape index (κ3) is 5.40. The number of nitrogens with one attached hydrogen (secondary N) is 2. The summed E-state index contributed by atoms with van der Waals surface area (Å²) in [6.07, 6.45) is 3.82. The molecule has 0 aliphatic rings. The molecule has 0 radical (unpaired) electrons. The summed E-state index contributed by atoms with van der Waals surface area (Å²) in [6.45, 7) is 7.69. The Balaban J connectivity index is 2.32. The first-order chi connectivity index (χ1) is 9.04. The van der Waals surface area contributed by atoms with E-state index >= 15 is 0 Å². The van der Waals surface area contributed by atoms with Crippen molar-refractivity contribution in [3.63, 3.8) is 0 Å². The Kier molecular flexibility index (Phi) is 6.52. The molecule has 0 spiro atoms. The molecule has 1 atom stereocenters. The van der Waals surface area contributed by atoms with Gasteiger partial charge in [-0.3, -0.25) is 9.48 Å². The molecule has 0 saturated carbocycles. The predicted octanol–water partition coefficient (Wildman–Crippen LogP) is 0.705. The second-order valence-electron chi connectivity index (χ2n) is 4.81. The highest BCUT2D eigenvalue weighted by Crippen LogP contribution is 2.05. The average molecular weight is 268 g/mol. The number of hydrogen-bond donors (Lipinski definition) is 2. The van der Waals surface area contributed by atoms with Crippen LogP contribution in [0.5, 0.6) is 0 Å². The van der Waals surface area contributed by atoms with Crippen molar-refractivity contribution in [1.29, 1.82) is 0 Å². The van der Waals surface area contributed by atoms with Crippen molar-refractivity contribution in [2.75, 3.05) is 20.3 Å². The Labute approximate surface area is 114 Å². The van der Waals surface area contributed by atoms with E-state index in [9.17, 15) is 4.79 Å². The number of rotatable bonds is 8. The highest BCUT2D eigenvalue weighted by molar-refractivity contribution is 5.81. The standard InChI is InChI=1S/C13H24N4O2/c1-10(2)17-9-12(8-16-17)7-15-11(3)13(18)14-5-6-19-4/h8-11,15H,5-7H2,1-4H3,(H,14,18). The van der Waals surface area contributed by atoms with Crippen LogP contribution >= 0.6 is 0 Å². The maximum atomic E-state index is 11.7. The maximum absolute atomic E-state index is 11.7. The van der Waals surface area contributed by atoms with Gasteiger partial charge in [0, 0.05) is 38.0 Å². The maximum Gasteiger partial charge on any atom is 0.236 e. The van der Waals surface area contributed by atoms with Gasteiger partial charge in [-0.1, -0.05) is 0 Å². The molecule has 6 heteroatoms. The van der Waals surface area contributed by atoms with Crippen LogP contribution in [0.4, 0.5) is 0 Å². The smallest absolute Gasteiger partial charge is 0.236 e. The summed E-state index contributed by atoms with van der Waals surface area (Å²) in [5, 5.41) is 10.2. The van der Waals surface area contributed by atoms with E-state index in [2.05, 4.69) is 29.6 Å². The SMILES string of the molecule is COCCNC(=O)C(C)NCc1cnn(C(C)C)c1. The highest BCUT2D eigenvalue weighted by atomic mass is 16.5. The van der Waals surface area contributed by atoms with Gasteiger partial charge in [0.2, 0.25) is 5.91 Å². The number of ether oxygens (including phenoxy) is 1. The van der Waals surface area contributed by atoms with Crippen LogP contribution in [0.15, 0.2) is 12.4 Å². The van der Waals surface area contributed by atoms with Gasteiger partial charge in [-0.2, -0.15) is 5.10 Å². The fourth-order valence-corrected chi connectivity index (χ4v) is 1.54. The van der Waals surface area contributed by atoms with Crippen molar-refractivity contribution in [1.82, 2.24) is 20.4 Å². The topological polar surface area (TPSA) is 68.2 Å². The van der Waals surface area contributed by atoms with E-state index < -0.39 is 0 Å². The highest BCUT2D eigenvalue weighted by Gasteiger charge is 2.11. The Morgan fingerprint density at radius 2 is 2.21 bits per heavy atom. The van der Waals surface area contributed by atoms with Gasteiger partial charge in [-0.05, 0) is 20.8 Å². The molecule has 0 aliphatic heterocycles. The van der Waals surface area contributed by atoms with E-state index in [0.717, 1.165) is 5.56 Å². The summed E-state index contributed by atoms with van der Waals surface area (Å²) in [5.41, 5.74) is 1.07. The van der Waals surface area contributed by atoms with Crippen molar-refractivity contribution in [3.8, 4) is 0 Å². The summed E-state index contributed by atoms with van der Waals surface area (Å²) in [6, 6.07) is 0.114. The Hall–Kier alpha value is -1.40. The van der Waals surface area contributed by atoms with Gasteiger partial charge in [-0.15, -0.1) is 0 Å². The third-order valence-corrected chi connectivity index (χ3v) is 2.80. The fraction of sp³-hybridized carbons (Fsp3) is 0.692. The molecule has 0 saturated heterocycles.